The lowest BCUT2D eigenvalue weighted by atomic mass is 10.1. The van der Waals surface area contributed by atoms with Crippen LogP contribution in [0.15, 0.2) is 29.3 Å². The second kappa shape index (κ2) is 12.6. The smallest absolute Gasteiger partial charge is 0.253 e. The fourth-order valence-electron chi connectivity index (χ4n) is 2.68. The Morgan fingerprint density at radius 3 is 2.34 bits per heavy atom. The SMILES string of the molecule is CN=C(NCCS(=O)(=O)N1CCSCC1)NCc1ccc(C(=O)N(C)C)cc1.I. The molecule has 164 valence electrons. The predicted molar refractivity (Wildman–Crippen MR) is 131 cm³/mol. The molecule has 0 bridgehead atoms. The maximum absolute atomic E-state index is 12.4. The van der Waals surface area contributed by atoms with Crippen molar-refractivity contribution in [1.29, 1.82) is 0 Å². The van der Waals surface area contributed by atoms with Gasteiger partial charge in [-0.1, -0.05) is 12.1 Å². The maximum Gasteiger partial charge on any atom is 0.253 e. The van der Waals surface area contributed by atoms with Gasteiger partial charge in [0.2, 0.25) is 10.0 Å². The summed E-state index contributed by atoms with van der Waals surface area (Å²) in [5, 5.41) is 6.20. The summed E-state index contributed by atoms with van der Waals surface area (Å²) < 4.78 is 26.3. The summed E-state index contributed by atoms with van der Waals surface area (Å²) in [6.07, 6.45) is 0. The highest BCUT2D eigenvalue weighted by molar-refractivity contribution is 14.0. The van der Waals surface area contributed by atoms with Crippen molar-refractivity contribution in [3.05, 3.63) is 35.4 Å². The van der Waals surface area contributed by atoms with E-state index in [-0.39, 0.29) is 35.6 Å². The highest BCUT2D eigenvalue weighted by atomic mass is 127. The van der Waals surface area contributed by atoms with Gasteiger partial charge in [0.05, 0.1) is 5.75 Å². The van der Waals surface area contributed by atoms with Crippen LogP contribution >= 0.6 is 35.7 Å². The van der Waals surface area contributed by atoms with Crippen LogP contribution < -0.4 is 10.6 Å². The normalized spacial score (nSPS) is 15.3. The van der Waals surface area contributed by atoms with Gasteiger partial charge in [-0.15, -0.1) is 24.0 Å². The Morgan fingerprint density at radius 2 is 1.79 bits per heavy atom. The van der Waals surface area contributed by atoms with Crippen molar-refractivity contribution in [3.63, 3.8) is 0 Å². The molecule has 8 nitrogen and oxygen atoms in total. The average Bonchev–Trinajstić information content (AvgIpc) is 2.71. The number of thioether (sulfide) groups is 1. The number of aliphatic imine (C=N–C) groups is 1. The van der Waals surface area contributed by atoms with Crippen LogP contribution in [0.4, 0.5) is 0 Å². The van der Waals surface area contributed by atoms with Gasteiger partial charge in [-0.25, -0.2) is 12.7 Å². The van der Waals surface area contributed by atoms with Crippen molar-refractivity contribution in [2.75, 3.05) is 58.0 Å². The first-order valence-electron chi connectivity index (χ1n) is 9.14. The van der Waals surface area contributed by atoms with Crippen LogP contribution in [-0.2, 0) is 16.6 Å². The zero-order valence-corrected chi connectivity index (χ0v) is 21.0. The Balaban J connectivity index is 0.00000420. The van der Waals surface area contributed by atoms with Crippen molar-refractivity contribution >= 4 is 57.6 Å². The number of carbonyl (C=O) groups excluding carboxylic acids is 1. The van der Waals surface area contributed by atoms with E-state index in [2.05, 4.69) is 15.6 Å². The van der Waals surface area contributed by atoms with Crippen LogP contribution in [0.2, 0.25) is 0 Å². The second-order valence-corrected chi connectivity index (χ2v) is 9.89. The average molecular weight is 556 g/mol. The molecule has 1 aromatic carbocycles. The number of carbonyl (C=O) groups is 1. The minimum absolute atomic E-state index is 0. The van der Waals surface area contributed by atoms with E-state index in [0.29, 0.717) is 37.7 Å². The molecule has 0 aromatic heterocycles. The maximum atomic E-state index is 12.4. The number of rotatable bonds is 7. The standard InChI is InChI=1S/C18H29N5O3S2.HI/c1-19-18(20-8-13-28(25,26)23-9-11-27-12-10-23)21-14-15-4-6-16(7-5-15)17(24)22(2)3;/h4-7H,8-14H2,1-3H3,(H2,19,20,21);1H. The fraction of sp³-hybridized carbons (Fsp3) is 0.556. The molecule has 2 rings (SSSR count). The van der Waals surface area contributed by atoms with Crippen LogP contribution in [0.3, 0.4) is 0 Å². The van der Waals surface area contributed by atoms with Crippen molar-refractivity contribution in [3.8, 4) is 0 Å². The van der Waals surface area contributed by atoms with Crippen molar-refractivity contribution in [2.45, 2.75) is 6.54 Å². The van der Waals surface area contributed by atoms with E-state index in [1.165, 1.54) is 4.90 Å². The van der Waals surface area contributed by atoms with Gasteiger partial charge in [0.1, 0.15) is 0 Å². The molecule has 11 heteroatoms. The van der Waals surface area contributed by atoms with E-state index in [1.54, 1.807) is 49.3 Å². The number of halogens is 1. The summed E-state index contributed by atoms with van der Waals surface area (Å²) in [5.41, 5.74) is 1.63. The Labute approximate surface area is 195 Å². The van der Waals surface area contributed by atoms with Gasteiger partial charge < -0.3 is 15.5 Å². The molecule has 29 heavy (non-hydrogen) atoms. The summed E-state index contributed by atoms with van der Waals surface area (Å²) in [5.74, 6) is 2.26. The number of hydrogen-bond donors (Lipinski definition) is 2. The van der Waals surface area contributed by atoms with Gasteiger partial charge in [-0.2, -0.15) is 11.8 Å². The quantitative estimate of drug-likeness (QED) is 0.297. The molecule has 1 aliphatic rings. The van der Waals surface area contributed by atoms with E-state index in [0.717, 1.165) is 17.1 Å². The first kappa shape index (κ1) is 26.0. The highest BCUT2D eigenvalue weighted by Crippen LogP contribution is 2.13. The lowest BCUT2D eigenvalue weighted by Gasteiger charge is -2.25. The van der Waals surface area contributed by atoms with E-state index >= 15 is 0 Å². The number of benzene rings is 1. The number of hydrogen-bond acceptors (Lipinski definition) is 5. The summed E-state index contributed by atoms with van der Waals surface area (Å²) in [6, 6.07) is 7.35. The van der Waals surface area contributed by atoms with Crippen molar-refractivity contribution in [2.24, 2.45) is 4.99 Å². The third-order valence-corrected chi connectivity index (χ3v) is 7.12. The third kappa shape index (κ3) is 8.30. The molecule has 2 N–H and O–H groups in total. The molecule has 0 saturated carbocycles. The van der Waals surface area contributed by atoms with E-state index < -0.39 is 10.0 Å². The number of guanidine groups is 1. The van der Waals surface area contributed by atoms with Crippen molar-refractivity contribution < 1.29 is 13.2 Å². The third-order valence-electron chi connectivity index (χ3n) is 4.31. The molecule has 1 aromatic rings. The topological polar surface area (TPSA) is 94.1 Å². The van der Waals surface area contributed by atoms with Gasteiger partial charge in [-0.3, -0.25) is 9.79 Å². The van der Waals surface area contributed by atoms with Crippen molar-refractivity contribution in [1.82, 2.24) is 19.8 Å². The lowest BCUT2D eigenvalue weighted by Crippen LogP contribution is -2.44. The van der Waals surface area contributed by atoms with Gasteiger partial charge in [0.15, 0.2) is 5.96 Å². The van der Waals surface area contributed by atoms with Crippen LogP contribution in [0.1, 0.15) is 15.9 Å². The first-order chi connectivity index (χ1) is 13.3. The minimum atomic E-state index is -3.24. The van der Waals surface area contributed by atoms with Gasteiger partial charge >= 0.3 is 0 Å². The molecule has 1 aliphatic heterocycles. The zero-order chi connectivity index (χ0) is 20.6. The molecule has 1 saturated heterocycles. The summed E-state index contributed by atoms with van der Waals surface area (Å²) in [6.45, 7) is 1.99. The summed E-state index contributed by atoms with van der Waals surface area (Å²) >= 11 is 1.78. The van der Waals surface area contributed by atoms with Crippen LogP contribution in [0.5, 0.6) is 0 Å². The minimum Gasteiger partial charge on any atom is -0.355 e. The summed E-state index contributed by atoms with van der Waals surface area (Å²) in [7, 11) is 1.85. The van der Waals surface area contributed by atoms with Crippen LogP contribution in [0, 0.1) is 0 Å². The Kier molecular flexibility index (Phi) is 11.3. The largest absolute Gasteiger partial charge is 0.355 e. The van der Waals surface area contributed by atoms with E-state index in [4.69, 9.17) is 0 Å². The lowest BCUT2D eigenvalue weighted by molar-refractivity contribution is 0.0827. The molecule has 0 radical (unpaired) electrons. The van der Waals surface area contributed by atoms with Crippen LogP contribution in [0.25, 0.3) is 0 Å². The monoisotopic (exact) mass is 555 g/mol. The first-order valence-corrected chi connectivity index (χ1v) is 11.9. The Morgan fingerprint density at radius 1 is 1.17 bits per heavy atom. The second-order valence-electron chi connectivity index (χ2n) is 6.58. The van der Waals surface area contributed by atoms with Gasteiger partial charge in [0.25, 0.3) is 5.91 Å². The molecule has 1 fully saturated rings. The molecular formula is C18H30IN5O3S2. The Bertz CT molecular complexity index is 779. The Hall–Kier alpha value is -1.05. The van der Waals surface area contributed by atoms with Gasteiger partial charge in [-0.05, 0) is 17.7 Å². The number of sulfonamides is 1. The molecular weight excluding hydrogens is 525 g/mol. The molecule has 1 amide bonds. The number of nitrogens with one attached hydrogen (secondary N) is 2. The number of amides is 1. The predicted octanol–water partition coefficient (Wildman–Crippen LogP) is 1.05. The van der Waals surface area contributed by atoms with Gasteiger partial charge in [0, 0.05) is 64.4 Å². The fourth-order valence-corrected chi connectivity index (χ4v) is 5.17. The molecule has 0 aliphatic carbocycles. The van der Waals surface area contributed by atoms with Crippen LogP contribution in [-0.4, -0.2) is 87.5 Å². The highest BCUT2D eigenvalue weighted by Gasteiger charge is 2.23. The summed E-state index contributed by atoms with van der Waals surface area (Å²) in [4.78, 5) is 17.6. The van der Waals surface area contributed by atoms with E-state index in [1.807, 2.05) is 12.1 Å². The molecule has 1 heterocycles. The number of nitrogens with zero attached hydrogens (tertiary/aromatic N) is 3. The zero-order valence-electron chi connectivity index (χ0n) is 17.1. The van der Waals surface area contributed by atoms with E-state index in [9.17, 15) is 13.2 Å². The molecule has 0 spiro atoms. The molecule has 0 unspecified atom stereocenters. The molecule has 0 atom stereocenters.